The summed E-state index contributed by atoms with van der Waals surface area (Å²) in [5, 5.41) is 35.4. The number of carbonyl (C=O) groups excluding carboxylic acids is 3. The number of hydrogen-bond acceptors (Lipinski definition) is 8. The van der Waals surface area contributed by atoms with Crippen LogP contribution in [0.25, 0.3) is 0 Å². The highest BCUT2D eigenvalue weighted by atomic mass is 32.1. The van der Waals surface area contributed by atoms with Gasteiger partial charge < -0.3 is 37.0 Å². The number of hydrogen-bond donors (Lipinski definition) is 8. The lowest BCUT2D eigenvalue weighted by atomic mass is 10.0. The van der Waals surface area contributed by atoms with Crippen molar-refractivity contribution in [2.24, 2.45) is 5.73 Å². The molecular weight excluding hydrogens is 528 g/mol. The SMILES string of the molecule is NC(CS)C(=O)NC(Cc1ccc(O)cc1)C(=O)NC(Cc1ccccc1)C(=O)NC(CCC(=O)O)C(=O)O. The molecule has 2 aromatic carbocycles. The van der Waals surface area contributed by atoms with E-state index < -0.39 is 60.2 Å². The van der Waals surface area contributed by atoms with Crippen molar-refractivity contribution in [3.05, 3.63) is 65.7 Å². The maximum Gasteiger partial charge on any atom is 0.326 e. The summed E-state index contributed by atoms with van der Waals surface area (Å²) in [4.78, 5) is 61.6. The molecule has 0 aliphatic rings. The zero-order valence-corrected chi connectivity index (χ0v) is 21.8. The summed E-state index contributed by atoms with van der Waals surface area (Å²) in [6.07, 6.45) is -0.866. The van der Waals surface area contributed by atoms with Gasteiger partial charge in [0, 0.05) is 25.0 Å². The molecule has 13 heteroatoms. The lowest BCUT2D eigenvalue weighted by Gasteiger charge is -2.25. The molecule has 4 unspecified atom stereocenters. The minimum absolute atomic E-state index is 0.00676. The topological polar surface area (TPSA) is 208 Å². The first-order valence-electron chi connectivity index (χ1n) is 12.0. The Kier molecular flexibility index (Phi) is 12.2. The van der Waals surface area contributed by atoms with Crippen LogP contribution in [0.3, 0.4) is 0 Å². The molecule has 3 amide bonds. The Morgan fingerprint density at radius 2 is 1.23 bits per heavy atom. The van der Waals surface area contributed by atoms with Crippen LogP contribution in [-0.4, -0.2) is 74.9 Å². The van der Waals surface area contributed by atoms with Gasteiger partial charge in [-0.25, -0.2) is 4.79 Å². The highest BCUT2D eigenvalue weighted by molar-refractivity contribution is 7.80. The number of aromatic hydroxyl groups is 1. The fourth-order valence-electron chi connectivity index (χ4n) is 3.57. The zero-order valence-electron chi connectivity index (χ0n) is 20.9. The van der Waals surface area contributed by atoms with Gasteiger partial charge >= 0.3 is 11.9 Å². The number of rotatable bonds is 15. The lowest BCUT2D eigenvalue weighted by Crippen LogP contribution is -2.58. The van der Waals surface area contributed by atoms with E-state index in [9.17, 15) is 34.2 Å². The van der Waals surface area contributed by atoms with Gasteiger partial charge in [-0.05, 0) is 29.7 Å². The quantitative estimate of drug-likeness (QED) is 0.136. The van der Waals surface area contributed by atoms with Gasteiger partial charge in [0.05, 0.1) is 6.04 Å². The van der Waals surface area contributed by atoms with Gasteiger partial charge in [0.25, 0.3) is 0 Å². The number of aliphatic carboxylic acids is 2. The summed E-state index contributed by atoms with van der Waals surface area (Å²) in [6.45, 7) is 0. The number of carboxylic acids is 2. The number of carboxylic acid groups (broad SMARTS) is 2. The Morgan fingerprint density at radius 1 is 0.744 bits per heavy atom. The van der Waals surface area contributed by atoms with Crippen LogP contribution in [0.5, 0.6) is 5.75 Å². The third kappa shape index (κ3) is 10.7. The molecule has 12 nitrogen and oxygen atoms in total. The van der Waals surface area contributed by atoms with Crippen molar-refractivity contribution in [2.75, 3.05) is 5.75 Å². The van der Waals surface area contributed by atoms with Gasteiger partial charge in [0.2, 0.25) is 17.7 Å². The fraction of sp³-hybridized carbons (Fsp3) is 0.346. The summed E-state index contributed by atoms with van der Waals surface area (Å²) in [5.41, 5.74) is 7.00. The van der Waals surface area contributed by atoms with Gasteiger partial charge in [-0.1, -0.05) is 42.5 Å². The molecule has 0 saturated carbocycles. The van der Waals surface area contributed by atoms with Crippen molar-refractivity contribution in [3.63, 3.8) is 0 Å². The molecule has 0 radical (unpaired) electrons. The summed E-state index contributed by atoms with van der Waals surface area (Å²) < 4.78 is 0. The first kappa shape index (κ1) is 31.1. The van der Waals surface area contributed by atoms with E-state index in [0.717, 1.165) is 0 Å². The average molecular weight is 561 g/mol. The van der Waals surface area contributed by atoms with Gasteiger partial charge in [-0.15, -0.1) is 0 Å². The predicted molar refractivity (Wildman–Crippen MR) is 144 cm³/mol. The van der Waals surface area contributed by atoms with Gasteiger partial charge in [0.15, 0.2) is 0 Å². The van der Waals surface area contributed by atoms with E-state index in [4.69, 9.17) is 10.8 Å². The molecule has 210 valence electrons. The van der Waals surface area contributed by atoms with Crippen LogP contribution in [0, 0.1) is 0 Å². The molecule has 0 fully saturated rings. The van der Waals surface area contributed by atoms with E-state index in [-0.39, 0.29) is 30.8 Å². The first-order valence-corrected chi connectivity index (χ1v) is 12.7. The van der Waals surface area contributed by atoms with Crippen molar-refractivity contribution >= 4 is 42.3 Å². The van der Waals surface area contributed by atoms with Crippen LogP contribution in [0.15, 0.2) is 54.6 Å². The van der Waals surface area contributed by atoms with Crippen LogP contribution in [0.2, 0.25) is 0 Å². The van der Waals surface area contributed by atoms with Crippen molar-refractivity contribution in [2.45, 2.75) is 49.9 Å². The summed E-state index contributed by atoms with van der Waals surface area (Å²) in [7, 11) is 0. The second-order valence-electron chi connectivity index (χ2n) is 8.80. The summed E-state index contributed by atoms with van der Waals surface area (Å²) >= 11 is 4.00. The minimum Gasteiger partial charge on any atom is -0.508 e. The third-order valence-corrected chi connectivity index (χ3v) is 6.11. The number of carbonyl (C=O) groups is 5. The number of amides is 3. The van der Waals surface area contributed by atoms with Crippen molar-refractivity contribution in [1.29, 1.82) is 0 Å². The number of nitrogens with two attached hydrogens (primary N) is 1. The van der Waals surface area contributed by atoms with Gasteiger partial charge in [-0.2, -0.15) is 12.6 Å². The minimum atomic E-state index is -1.50. The average Bonchev–Trinajstić information content (AvgIpc) is 2.90. The molecule has 0 aliphatic carbocycles. The molecule has 0 heterocycles. The lowest BCUT2D eigenvalue weighted by molar-refractivity contribution is -0.143. The molecule has 2 rings (SSSR count). The van der Waals surface area contributed by atoms with Crippen molar-refractivity contribution in [1.82, 2.24) is 16.0 Å². The Labute approximate surface area is 230 Å². The largest absolute Gasteiger partial charge is 0.508 e. The highest BCUT2D eigenvalue weighted by Crippen LogP contribution is 2.12. The second-order valence-corrected chi connectivity index (χ2v) is 9.17. The number of nitrogens with one attached hydrogen (secondary N) is 3. The van der Waals surface area contributed by atoms with E-state index in [1.807, 2.05) is 0 Å². The summed E-state index contributed by atoms with van der Waals surface area (Å²) in [5.74, 6) is -4.85. The molecule has 0 aliphatic heterocycles. The maximum atomic E-state index is 13.4. The van der Waals surface area contributed by atoms with E-state index >= 15 is 0 Å². The standard InChI is InChI=1S/C26H32N4O8S/c27-18(14-39)23(34)29-20(13-16-6-8-17(31)9-7-16)25(36)30-21(12-15-4-2-1-3-5-15)24(35)28-19(26(37)38)10-11-22(32)33/h1-9,18-21,31,39H,10-14,27H2,(H,28,35)(H,29,34)(H,30,36)(H,32,33)(H,37,38). The molecule has 39 heavy (non-hydrogen) atoms. The number of phenolic OH excluding ortho intramolecular Hbond substituents is 1. The molecule has 0 aromatic heterocycles. The highest BCUT2D eigenvalue weighted by Gasteiger charge is 2.30. The first-order chi connectivity index (χ1) is 18.5. The van der Waals surface area contributed by atoms with Crippen molar-refractivity contribution < 1.29 is 39.3 Å². The molecule has 2 aromatic rings. The van der Waals surface area contributed by atoms with Crippen molar-refractivity contribution in [3.8, 4) is 5.75 Å². The number of benzene rings is 2. The van der Waals surface area contributed by atoms with Crippen LogP contribution in [0.4, 0.5) is 0 Å². The molecule has 4 atom stereocenters. The Balaban J connectivity index is 2.30. The Bertz CT molecular complexity index is 1150. The molecular formula is C26H32N4O8S. The maximum absolute atomic E-state index is 13.4. The van der Waals surface area contributed by atoms with Crippen LogP contribution in [-0.2, 0) is 36.8 Å². The van der Waals surface area contributed by atoms with Crippen LogP contribution < -0.4 is 21.7 Å². The molecule has 0 spiro atoms. The van der Waals surface area contributed by atoms with Crippen LogP contribution >= 0.6 is 12.6 Å². The Hall–Kier alpha value is -4.10. The smallest absolute Gasteiger partial charge is 0.326 e. The predicted octanol–water partition coefficient (Wildman–Crippen LogP) is -0.162. The fourth-order valence-corrected chi connectivity index (χ4v) is 3.73. The van der Waals surface area contributed by atoms with Gasteiger partial charge in [0.1, 0.15) is 23.9 Å². The van der Waals surface area contributed by atoms with E-state index in [1.54, 1.807) is 42.5 Å². The molecule has 0 saturated heterocycles. The Morgan fingerprint density at radius 3 is 1.72 bits per heavy atom. The molecule has 8 N–H and O–H groups in total. The summed E-state index contributed by atoms with van der Waals surface area (Å²) in [6, 6.07) is 9.67. The van der Waals surface area contributed by atoms with E-state index in [1.165, 1.54) is 12.1 Å². The third-order valence-electron chi connectivity index (χ3n) is 5.72. The number of thiol groups is 1. The zero-order chi connectivity index (χ0) is 28.9. The normalized spacial score (nSPS) is 13.8. The van der Waals surface area contributed by atoms with E-state index in [0.29, 0.717) is 11.1 Å². The monoisotopic (exact) mass is 560 g/mol. The van der Waals surface area contributed by atoms with Crippen LogP contribution in [0.1, 0.15) is 24.0 Å². The number of phenols is 1. The van der Waals surface area contributed by atoms with Gasteiger partial charge in [-0.3, -0.25) is 19.2 Å². The second kappa shape index (κ2) is 15.3. The van der Waals surface area contributed by atoms with E-state index in [2.05, 4.69) is 28.6 Å². The molecule has 0 bridgehead atoms.